The van der Waals surface area contributed by atoms with Crippen LogP contribution in [0, 0.1) is 0 Å². The SMILES string of the molecule is CC(O)C1=NCCC1. The van der Waals surface area contributed by atoms with Gasteiger partial charge >= 0.3 is 0 Å². The Morgan fingerprint density at radius 1 is 1.75 bits per heavy atom. The summed E-state index contributed by atoms with van der Waals surface area (Å²) in [5.41, 5.74) is 0.977. The van der Waals surface area contributed by atoms with Crippen molar-refractivity contribution in [3.63, 3.8) is 0 Å². The number of rotatable bonds is 1. The van der Waals surface area contributed by atoms with E-state index in [-0.39, 0.29) is 6.10 Å². The van der Waals surface area contributed by atoms with Gasteiger partial charge in [0.2, 0.25) is 0 Å². The van der Waals surface area contributed by atoms with Crippen LogP contribution in [0.4, 0.5) is 0 Å². The second kappa shape index (κ2) is 2.27. The lowest BCUT2D eigenvalue weighted by Crippen LogP contribution is -2.12. The van der Waals surface area contributed by atoms with Gasteiger partial charge < -0.3 is 5.11 Å². The van der Waals surface area contributed by atoms with Crippen molar-refractivity contribution in [2.24, 2.45) is 4.99 Å². The highest BCUT2D eigenvalue weighted by Crippen LogP contribution is 2.06. The summed E-state index contributed by atoms with van der Waals surface area (Å²) in [5.74, 6) is 0. The van der Waals surface area contributed by atoms with Gasteiger partial charge in [0.25, 0.3) is 0 Å². The van der Waals surface area contributed by atoms with Gasteiger partial charge in [0.1, 0.15) is 0 Å². The molecule has 0 spiro atoms. The Morgan fingerprint density at radius 3 is 2.75 bits per heavy atom. The summed E-state index contributed by atoms with van der Waals surface area (Å²) in [6.45, 7) is 2.68. The fourth-order valence-corrected chi connectivity index (χ4v) is 0.903. The van der Waals surface area contributed by atoms with E-state index >= 15 is 0 Å². The molecule has 0 amide bonds. The second-order valence-corrected chi connectivity index (χ2v) is 2.15. The fraction of sp³-hybridized carbons (Fsp3) is 0.833. The molecule has 1 unspecified atom stereocenters. The first-order valence-electron chi connectivity index (χ1n) is 3.02. The number of aliphatic imine (C=N–C) groups is 1. The topological polar surface area (TPSA) is 32.6 Å². The molecule has 0 aliphatic carbocycles. The van der Waals surface area contributed by atoms with E-state index in [9.17, 15) is 0 Å². The molecule has 0 fully saturated rings. The lowest BCUT2D eigenvalue weighted by Gasteiger charge is -1.99. The van der Waals surface area contributed by atoms with E-state index in [1.165, 1.54) is 0 Å². The van der Waals surface area contributed by atoms with Gasteiger partial charge in [-0.2, -0.15) is 0 Å². The Bertz CT molecular complexity index is 107. The van der Waals surface area contributed by atoms with Crippen molar-refractivity contribution in [3.8, 4) is 0 Å². The summed E-state index contributed by atoms with van der Waals surface area (Å²) in [5, 5.41) is 8.92. The van der Waals surface area contributed by atoms with Crippen molar-refractivity contribution in [1.29, 1.82) is 0 Å². The maximum absolute atomic E-state index is 8.92. The molecule has 0 saturated heterocycles. The van der Waals surface area contributed by atoms with Gasteiger partial charge in [-0.3, -0.25) is 4.99 Å². The van der Waals surface area contributed by atoms with Gasteiger partial charge in [0.15, 0.2) is 0 Å². The molecule has 2 nitrogen and oxygen atoms in total. The van der Waals surface area contributed by atoms with Gasteiger partial charge in [-0.1, -0.05) is 0 Å². The summed E-state index contributed by atoms with van der Waals surface area (Å²) in [7, 11) is 0. The Hall–Kier alpha value is -0.370. The molecule has 0 radical (unpaired) electrons. The number of aliphatic hydroxyl groups excluding tert-OH is 1. The van der Waals surface area contributed by atoms with Crippen molar-refractivity contribution in [3.05, 3.63) is 0 Å². The maximum Gasteiger partial charge on any atom is 0.0888 e. The Kier molecular flexibility index (Phi) is 1.63. The molecular weight excluding hydrogens is 102 g/mol. The Labute approximate surface area is 49.2 Å². The molecule has 1 aliphatic rings. The largest absolute Gasteiger partial charge is 0.387 e. The summed E-state index contributed by atoms with van der Waals surface area (Å²) >= 11 is 0. The van der Waals surface area contributed by atoms with Crippen LogP contribution >= 0.6 is 0 Å². The van der Waals surface area contributed by atoms with Gasteiger partial charge in [-0.05, 0) is 19.8 Å². The van der Waals surface area contributed by atoms with Crippen molar-refractivity contribution >= 4 is 5.71 Å². The van der Waals surface area contributed by atoms with Gasteiger partial charge in [-0.25, -0.2) is 0 Å². The van der Waals surface area contributed by atoms with Crippen molar-refractivity contribution in [1.82, 2.24) is 0 Å². The molecular formula is C6H11NO. The molecule has 0 aromatic rings. The van der Waals surface area contributed by atoms with E-state index < -0.39 is 0 Å². The zero-order chi connectivity index (χ0) is 5.98. The van der Waals surface area contributed by atoms with E-state index in [1.54, 1.807) is 6.92 Å². The highest BCUT2D eigenvalue weighted by molar-refractivity contribution is 5.89. The standard InChI is InChI=1S/C6H11NO/c1-5(8)6-3-2-4-7-6/h5,8H,2-4H2,1H3. The first-order chi connectivity index (χ1) is 3.80. The zero-order valence-electron chi connectivity index (χ0n) is 5.09. The summed E-state index contributed by atoms with van der Waals surface area (Å²) in [6.07, 6.45) is 1.82. The van der Waals surface area contributed by atoms with E-state index in [0.717, 1.165) is 25.1 Å². The van der Waals surface area contributed by atoms with Crippen LogP contribution < -0.4 is 0 Å². The van der Waals surface area contributed by atoms with E-state index in [2.05, 4.69) is 4.99 Å². The molecule has 1 rings (SSSR count). The van der Waals surface area contributed by atoms with Crippen molar-refractivity contribution < 1.29 is 5.11 Å². The molecule has 0 bridgehead atoms. The van der Waals surface area contributed by atoms with E-state index in [4.69, 9.17) is 5.11 Å². The van der Waals surface area contributed by atoms with Crippen LogP contribution in [0.2, 0.25) is 0 Å². The van der Waals surface area contributed by atoms with Crippen LogP contribution in [0.25, 0.3) is 0 Å². The highest BCUT2D eigenvalue weighted by atomic mass is 16.3. The zero-order valence-corrected chi connectivity index (χ0v) is 5.09. The quantitative estimate of drug-likeness (QED) is 0.530. The van der Waals surface area contributed by atoms with Crippen LogP contribution in [0.3, 0.4) is 0 Å². The molecule has 0 saturated carbocycles. The average molecular weight is 113 g/mol. The molecule has 1 heterocycles. The number of hydrogen-bond acceptors (Lipinski definition) is 2. The minimum Gasteiger partial charge on any atom is -0.387 e. The summed E-state index contributed by atoms with van der Waals surface area (Å²) in [6, 6.07) is 0. The van der Waals surface area contributed by atoms with Crippen LogP contribution in [0.1, 0.15) is 19.8 Å². The lowest BCUT2D eigenvalue weighted by atomic mass is 10.2. The number of hydrogen-bond donors (Lipinski definition) is 1. The third-order valence-electron chi connectivity index (χ3n) is 1.39. The van der Waals surface area contributed by atoms with Gasteiger partial charge in [-0.15, -0.1) is 0 Å². The molecule has 2 heteroatoms. The highest BCUT2D eigenvalue weighted by Gasteiger charge is 2.09. The third kappa shape index (κ3) is 1.07. The molecule has 0 aromatic heterocycles. The lowest BCUT2D eigenvalue weighted by molar-refractivity contribution is 0.260. The van der Waals surface area contributed by atoms with Crippen molar-refractivity contribution in [2.45, 2.75) is 25.9 Å². The third-order valence-corrected chi connectivity index (χ3v) is 1.39. The van der Waals surface area contributed by atoms with Crippen LogP contribution in [0.15, 0.2) is 4.99 Å². The molecule has 1 aliphatic heterocycles. The van der Waals surface area contributed by atoms with E-state index in [0.29, 0.717) is 0 Å². The molecule has 0 aromatic carbocycles. The van der Waals surface area contributed by atoms with E-state index in [1.807, 2.05) is 0 Å². The Balaban J connectivity index is 2.45. The number of nitrogens with zero attached hydrogens (tertiary/aromatic N) is 1. The smallest absolute Gasteiger partial charge is 0.0888 e. The second-order valence-electron chi connectivity index (χ2n) is 2.15. The van der Waals surface area contributed by atoms with Crippen LogP contribution in [-0.2, 0) is 0 Å². The fourth-order valence-electron chi connectivity index (χ4n) is 0.903. The predicted octanol–water partition coefficient (Wildman–Crippen LogP) is 0.602. The average Bonchev–Trinajstić information content (AvgIpc) is 2.12. The van der Waals surface area contributed by atoms with Crippen LogP contribution in [0.5, 0.6) is 0 Å². The maximum atomic E-state index is 8.92. The molecule has 1 N–H and O–H groups in total. The monoisotopic (exact) mass is 113 g/mol. The summed E-state index contributed by atoms with van der Waals surface area (Å²) in [4.78, 5) is 4.10. The van der Waals surface area contributed by atoms with Crippen molar-refractivity contribution in [2.75, 3.05) is 6.54 Å². The minimum atomic E-state index is -0.308. The predicted molar refractivity (Wildman–Crippen MR) is 33.2 cm³/mol. The Morgan fingerprint density at radius 2 is 2.50 bits per heavy atom. The molecule has 1 atom stereocenters. The molecule has 8 heavy (non-hydrogen) atoms. The molecule has 46 valence electrons. The minimum absolute atomic E-state index is 0.308. The van der Waals surface area contributed by atoms with Crippen LogP contribution in [-0.4, -0.2) is 23.5 Å². The normalized spacial score (nSPS) is 23.0. The van der Waals surface area contributed by atoms with Gasteiger partial charge in [0, 0.05) is 12.3 Å². The first-order valence-corrected chi connectivity index (χ1v) is 3.02. The summed E-state index contributed by atoms with van der Waals surface area (Å²) < 4.78 is 0. The van der Waals surface area contributed by atoms with Gasteiger partial charge in [0.05, 0.1) is 6.10 Å². The first kappa shape index (κ1) is 5.76. The number of aliphatic hydroxyl groups is 1.